The Kier molecular flexibility index (Phi) is 8.25. The van der Waals surface area contributed by atoms with Crippen LogP contribution >= 0.6 is 11.6 Å². The molecule has 0 amide bonds. The first-order chi connectivity index (χ1) is 18.1. The molecule has 0 bridgehead atoms. The molecule has 0 aliphatic rings. The second-order valence-corrected chi connectivity index (χ2v) is 10.9. The number of rotatable bonds is 8. The lowest BCUT2D eigenvalue weighted by molar-refractivity contribution is -0.155. The summed E-state index contributed by atoms with van der Waals surface area (Å²) in [5.41, 5.74) is 9.11. The van der Waals surface area contributed by atoms with Gasteiger partial charge in [-0.25, -0.2) is 0 Å². The van der Waals surface area contributed by atoms with Crippen molar-refractivity contribution in [1.82, 2.24) is 0 Å². The third-order valence-corrected chi connectivity index (χ3v) is 6.58. The minimum absolute atomic E-state index is 0.294. The van der Waals surface area contributed by atoms with E-state index in [-0.39, 0.29) is 5.60 Å². The number of ether oxygens (including phenoxy) is 2. The molecule has 0 saturated carbocycles. The monoisotopic (exact) mass is 527 g/mol. The van der Waals surface area contributed by atoms with Gasteiger partial charge >= 0.3 is 5.97 Å². The molecule has 2 atom stereocenters. The van der Waals surface area contributed by atoms with Crippen LogP contribution in [0.3, 0.4) is 0 Å². The molecule has 196 valence electrons. The fraction of sp³-hybridized carbons (Fsp3) is 0.242. The maximum atomic E-state index is 13.7. The second kappa shape index (κ2) is 11.4. The van der Waals surface area contributed by atoms with E-state index >= 15 is 0 Å². The van der Waals surface area contributed by atoms with E-state index in [9.17, 15) is 4.79 Å². The summed E-state index contributed by atoms with van der Waals surface area (Å²) in [5.74, 6) is 0.239. The van der Waals surface area contributed by atoms with Crippen LogP contribution in [0.1, 0.15) is 48.6 Å². The van der Waals surface area contributed by atoms with Crippen molar-refractivity contribution >= 4 is 17.6 Å². The molecular weight excluding hydrogens is 494 g/mol. The Balaban J connectivity index is 1.71. The van der Waals surface area contributed by atoms with Crippen LogP contribution in [0.2, 0.25) is 5.02 Å². The number of hydrogen-bond acceptors (Lipinski definition) is 4. The maximum absolute atomic E-state index is 13.7. The average Bonchev–Trinajstić information content (AvgIpc) is 2.89. The molecule has 0 saturated heterocycles. The molecule has 0 spiro atoms. The van der Waals surface area contributed by atoms with E-state index in [1.165, 1.54) is 0 Å². The summed E-state index contributed by atoms with van der Waals surface area (Å²) in [5, 5.41) is 0.493. The number of halogens is 1. The SMILES string of the molecule is Cc1ccc(C(OC(=O)[C@@H](N)Cc2ccc(OC(C)(C)C)cc2)(c2ccccc2)c2ccccc2Cl)cc1. The first-order valence-electron chi connectivity index (χ1n) is 12.7. The Labute approximate surface area is 230 Å². The lowest BCUT2D eigenvalue weighted by Gasteiger charge is -2.36. The van der Waals surface area contributed by atoms with Crippen LogP contribution in [0.4, 0.5) is 0 Å². The van der Waals surface area contributed by atoms with Crippen LogP contribution in [-0.4, -0.2) is 17.6 Å². The van der Waals surface area contributed by atoms with Gasteiger partial charge in [-0.05, 0) is 57.9 Å². The van der Waals surface area contributed by atoms with Crippen molar-refractivity contribution in [3.8, 4) is 5.75 Å². The Morgan fingerprint density at radius 3 is 2.00 bits per heavy atom. The first kappa shape index (κ1) is 27.4. The van der Waals surface area contributed by atoms with Crippen molar-refractivity contribution < 1.29 is 14.3 Å². The van der Waals surface area contributed by atoms with Crippen molar-refractivity contribution in [2.75, 3.05) is 0 Å². The molecule has 0 aromatic heterocycles. The van der Waals surface area contributed by atoms with Crippen LogP contribution in [0.15, 0.2) is 103 Å². The molecule has 0 heterocycles. The van der Waals surface area contributed by atoms with Gasteiger partial charge in [0.1, 0.15) is 17.4 Å². The van der Waals surface area contributed by atoms with Gasteiger partial charge in [0.25, 0.3) is 0 Å². The second-order valence-electron chi connectivity index (χ2n) is 10.5. The molecule has 38 heavy (non-hydrogen) atoms. The van der Waals surface area contributed by atoms with E-state index in [0.29, 0.717) is 17.0 Å². The number of benzene rings is 4. The normalized spacial score (nSPS) is 13.8. The molecule has 5 heteroatoms. The number of aryl methyl sites for hydroxylation is 1. The predicted octanol–water partition coefficient (Wildman–Crippen LogP) is 7.23. The number of hydrogen-bond donors (Lipinski definition) is 1. The van der Waals surface area contributed by atoms with Gasteiger partial charge in [-0.1, -0.05) is 102 Å². The minimum Gasteiger partial charge on any atom is -0.488 e. The van der Waals surface area contributed by atoms with Crippen LogP contribution in [0.5, 0.6) is 5.75 Å². The van der Waals surface area contributed by atoms with E-state index in [1.54, 1.807) is 6.07 Å². The van der Waals surface area contributed by atoms with Gasteiger partial charge < -0.3 is 15.2 Å². The molecule has 4 aromatic carbocycles. The number of carbonyl (C=O) groups excluding carboxylic acids is 1. The van der Waals surface area contributed by atoms with E-state index in [0.717, 1.165) is 28.0 Å². The largest absolute Gasteiger partial charge is 0.488 e. The molecule has 4 nitrogen and oxygen atoms in total. The van der Waals surface area contributed by atoms with Crippen LogP contribution in [0.25, 0.3) is 0 Å². The van der Waals surface area contributed by atoms with E-state index in [1.807, 2.05) is 125 Å². The van der Waals surface area contributed by atoms with Crippen molar-refractivity contribution in [2.24, 2.45) is 5.73 Å². The summed E-state index contributed by atoms with van der Waals surface area (Å²) in [4.78, 5) is 13.7. The fourth-order valence-corrected chi connectivity index (χ4v) is 4.74. The molecule has 2 N–H and O–H groups in total. The van der Waals surface area contributed by atoms with Gasteiger partial charge in [0, 0.05) is 21.7 Å². The van der Waals surface area contributed by atoms with Crippen molar-refractivity contribution in [1.29, 1.82) is 0 Å². The van der Waals surface area contributed by atoms with Gasteiger partial charge in [-0.15, -0.1) is 0 Å². The smallest absolute Gasteiger partial charge is 0.324 e. The Morgan fingerprint density at radius 1 is 0.816 bits per heavy atom. The van der Waals surface area contributed by atoms with Crippen LogP contribution < -0.4 is 10.5 Å². The Hall–Kier alpha value is -3.60. The summed E-state index contributed by atoms with van der Waals surface area (Å²) in [6, 6.07) is 31.8. The standard InChI is InChI=1S/C33H34ClNO3/c1-23-14-18-26(19-15-23)33(25-10-6-5-7-11-25,28-12-8-9-13-29(28)34)38-31(36)30(35)22-24-16-20-27(21-17-24)37-32(2,3)4/h5-21,30H,22,35H2,1-4H3/t30-,33?/m0/s1. The summed E-state index contributed by atoms with van der Waals surface area (Å²) in [6.07, 6.45) is 0.315. The lowest BCUT2D eigenvalue weighted by Crippen LogP contribution is -2.43. The van der Waals surface area contributed by atoms with E-state index in [2.05, 4.69) is 0 Å². The predicted molar refractivity (Wildman–Crippen MR) is 154 cm³/mol. The zero-order valence-electron chi connectivity index (χ0n) is 22.3. The van der Waals surface area contributed by atoms with Gasteiger partial charge in [-0.3, -0.25) is 4.79 Å². The zero-order valence-corrected chi connectivity index (χ0v) is 23.0. The summed E-state index contributed by atoms with van der Waals surface area (Å²) in [7, 11) is 0. The van der Waals surface area contributed by atoms with Gasteiger partial charge in [0.05, 0.1) is 0 Å². The molecule has 1 unspecified atom stereocenters. The third-order valence-electron chi connectivity index (χ3n) is 6.25. The number of nitrogens with two attached hydrogens (primary N) is 1. The molecule has 0 radical (unpaired) electrons. The average molecular weight is 528 g/mol. The molecule has 0 fully saturated rings. The highest BCUT2D eigenvalue weighted by Crippen LogP contribution is 2.43. The molecule has 0 aliphatic heterocycles. The maximum Gasteiger partial charge on any atom is 0.324 e. The van der Waals surface area contributed by atoms with Crippen LogP contribution in [0, 0.1) is 6.92 Å². The Bertz CT molecular complexity index is 1360. The van der Waals surface area contributed by atoms with Gasteiger partial charge in [0.2, 0.25) is 0 Å². The molecule has 4 rings (SSSR count). The highest BCUT2D eigenvalue weighted by molar-refractivity contribution is 6.31. The quantitative estimate of drug-likeness (QED) is 0.194. The zero-order chi connectivity index (χ0) is 27.3. The highest BCUT2D eigenvalue weighted by Gasteiger charge is 2.43. The van der Waals surface area contributed by atoms with Gasteiger partial charge in [-0.2, -0.15) is 0 Å². The lowest BCUT2D eigenvalue weighted by atomic mass is 9.79. The molecular formula is C33H34ClNO3. The summed E-state index contributed by atoms with van der Waals surface area (Å²) in [6.45, 7) is 8.01. The van der Waals surface area contributed by atoms with Gasteiger partial charge in [0.15, 0.2) is 5.60 Å². The first-order valence-corrected chi connectivity index (χ1v) is 13.1. The molecule has 0 aliphatic carbocycles. The van der Waals surface area contributed by atoms with E-state index < -0.39 is 17.6 Å². The number of esters is 1. The fourth-order valence-electron chi connectivity index (χ4n) is 4.47. The molecule has 4 aromatic rings. The highest BCUT2D eigenvalue weighted by atomic mass is 35.5. The third kappa shape index (κ3) is 6.27. The minimum atomic E-state index is -1.29. The Morgan fingerprint density at radius 2 is 1.39 bits per heavy atom. The van der Waals surface area contributed by atoms with Crippen molar-refractivity contribution in [3.63, 3.8) is 0 Å². The topological polar surface area (TPSA) is 61.5 Å². The van der Waals surface area contributed by atoms with E-state index in [4.69, 9.17) is 26.8 Å². The number of carbonyl (C=O) groups is 1. The summed E-state index contributed by atoms with van der Waals surface area (Å²) < 4.78 is 12.4. The van der Waals surface area contributed by atoms with Crippen molar-refractivity contribution in [2.45, 2.75) is 51.4 Å². The van der Waals surface area contributed by atoms with Crippen LogP contribution in [-0.2, 0) is 21.6 Å². The summed E-state index contributed by atoms with van der Waals surface area (Å²) >= 11 is 6.76. The van der Waals surface area contributed by atoms with Crippen molar-refractivity contribution in [3.05, 3.63) is 136 Å².